The van der Waals surface area contributed by atoms with E-state index in [0.29, 0.717) is 6.54 Å². The number of nitrogens with one attached hydrogen (secondary N) is 1. The molecule has 2 aromatic rings. The van der Waals surface area contributed by atoms with Crippen molar-refractivity contribution in [3.63, 3.8) is 0 Å². The Hall–Kier alpha value is -2.70. The Morgan fingerprint density at radius 2 is 2.04 bits per heavy atom. The molecule has 0 aliphatic rings. The molecule has 0 unspecified atom stereocenters. The molecule has 2 rings (SSSR count). The van der Waals surface area contributed by atoms with E-state index in [4.69, 9.17) is 0 Å². The van der Waals surface area contributed by atoms with Crippen LogP contribution in [0.15, 0.2) is 41.1 Å². The lowest BCUT2D eigenvalue weighted by Gasteiger charge is -2.24. The Morgan fingerprint density at radius 1 is 1.30 bits per heavy atom. The molecule has 0 atom stereocenters. The Morgan fingerprint density at radius 3 is 2.65 bits per heavy atom. The van der Waals surface area contributed by atoms with Crippen molar-refractivity contribution < 1.29 is 18.5 Å². The molecular weight excluding hydrogens is 301 g/mol. The van der Waals surface area contributed by atoms with Crippen molar-refractivity contribution >= 4 is 17.6 Å². The van der Waals surface area contributed by atoms with Gasteiger partial charge in [0.05, 0.1) is 5.56 Å². The van der Waals surface area contributed by atoms with Gasteiger partial charge in [0.15, 0.2) is 5.82 Å². The van der Waals surface area contributed by atoms with Crippen LogP contribution in [0.5, 0.6) is 0 Å². The van der Waals surface area contributed by atoms with Crippen molar-refractivity contribution in [1.29, 1.82) is 0 Å². The number of carbonyl (C=O) groups is 2. The number of anilines is 1. The second-order valence-corrected chi connectivity index (χ2v) is 5.49. The number of hydrogen-bond acceptors (Lipinski definition) is 4. The van der Waals surface area contributed by atoms with Gasteiger partial charge < -0.3 is 14.7 Å². The maximum absolute atomic E-state index is 13.8. The molecule has 0 fully saturated rings. The molecule has 0 spiro atoms. The van der Waals surface area contributed by atoms with E-state index in [9.17, 15) is 14.0 Å². The summed E-state index contributed by atoms with van der Waals surface area (Å²) in [7, 11) is 0. The van der Waals surface area contributed by atoms with Gasteiger partial charge in [-0.2, -0.15) is 0 Å². The lowest BCUT2D eigenvalue weighted by molar-refractivity contribution is -0.117. The number of halogens is 1. The topological polar surface area (TPSA) is 75.4 Å². The molecule has 0 aliphatic carbocycles. The molecule has 0 saturated carbocycles. The van der Waals surface area contributed by atoms with E-state index in [0.717, 1.165) is 0 Å². The van der Waals surface area contributed by atoms with Gasteiger partial charge in [0.1, 0.15) is 18.6 Å². The highest BCUT2D eigenvalue weighted by Gasteiger charge is 2.22. The monoisotopic (exact) mass is 319 g/mol. The van der Waals surface area contributed by atoms with Crippen molar-refractivity contribution in [2.24, 2.45) is 5.92 Å². The van der Waals surface area contributed by atoms with Crippen molar-refractivity contribution in [1.82, 2.24) is 10.1 Å². The van der Waals surface area contributed by atoms with Gasteiger partial charge in [0.2, 0.25) is 5.91 Å². The van der Waals surface area contributed by atoms with Crippen molar-refractivity contribution in [2.45, 2.75) is 13.8 Å². The van der Waals surface area contributed by atoms with Crippen LogP contribution in [0.1, 0.15) is 24.2 Å². The standard InChI is InChI=1S/C16H18FN3O3/c1-11(2)9-20(10-15(21)18-14-7-8-23-19-14)16(22)12-5-3-4-6-13(12)17/h3-8,11H,9-10H2,1-2H3,(H,18,19,21). The quantitative estimate of drug-likeness (QED) is 0.888. The fraction of sp³-hybridized carbons (Fsp3) is 0.312. The van der Waals surface area contributed by atoms with Crippen LogP contribution in [0.4, 0.5) is 10.2 Å². The minimum Gasteiger partial charge on any atom is -0.363 e. The van der Waals surface area contributed by atoms with Crippen LogP contribution in [0, 0.1) is 11.7 Å². The predicted molar refractivity (Wildman–Crippen MR) is 82.3 cm³/mol. The summed E-state index contributed by atoms with van der Waals surface area (Å²) >= 11 is 0. The minimum absolute atomic E-state index is 0.0533. The van der Waals surface area contributed by atoms with E-state index in [-0.39, 0.29) is 23.8 Å². The first-order chi connectivity index (χ1) is 11.0. The fourth-order valence-corrected chi connectivity index (χ4v) is 2.10. The summed E-state index contributed by atoms with van der Waals surface area (Å²) in [5.74, 6) is -1.16. The normalized spacial score (nSPS) is 10.6. The lowest BCUT2D eigenvalue weighted by atomic mass is 10.1. The first kappa shape index (κ1) is 16.7. The summed E-state index contributed by atoms with van der Waals surface area (Å²) in [6, 6.07) is 7.20. The third-order valence-electron chi connectivity index (χ3n) is 3.02. The second-order valence-electron chi connectivity index (χ2n) is 5.49. The second kappa shape index (κ2) is 7.53. The maximum atomic E-state index is 13.8. The third-order valence-corrected chi connectivity index (χ3v) is 3.02. The number of rotatable bonds is 6. The first-order valence-corrected chi connectivity index (χ1v) is 7.21. The number of aromatic nitrogens is 1. The van der Waals surface area contributed by atoms with Gasteiger partial charge in [-0.25, -0.2) is 4.39 Å². The van der Waals surface area contributed by atoms with E-state index < -0.39 is 17.6 Å². The van der Waals surface area contributed by atoms with Gasteiger partial charge >= 0.3 is 0 Å². The number of nitrogens with zero attached hydrogens (tertiary/aromatic N) is 2. The molecule has 23 heavy (non-hydrogen) atoms. The van der Waals surface area contributed by atoms with Crippen LogP contribution in [0.2, 0.25) is 0 Å². The van der Waals surface area contributed by atoms with Crippen LogP contribution in [-0.2, 0) is 4.79 Å². The third kappa shape index (κ3) is 4.64. The Balaban J connectivity index is 2.11. The number of amides is 2. The smallest absolute Gasteiger partial charge is 0.257 e. The van der Waals surface area contributed by atoms with Crippen LogP contribution in [0.25, 0.3) is 0 Å². The maximum Gasteiger partial charge on any atom is 0.257 e. The minimum atomic E-state index is -0.608. The largest absolute Gasteiger partial charge is 0.363 e. The molecule has 0 bridgehead atoms. The zero-order chi connectivity index (χ0) is 16.8. The average Bonchev–Trinajstić information content (AvgIpc) is 2.98. The fourth-order valence-electron chi connectivity index (χ4n) is 2.10. The van der Waals surface area contributed by atoms with Gasteiger partial charge in [0, 0.05) is 12.6 Å². The van der Waals surface area contributed by atoms with Crippen LogP contribution >= 0.6 is 0 Å². The highest BCUT2D eigenvalue weighted by atomic mass is 19.1. The Bertz CT molecular complexity index is 671. The molecule has 6 nitrogen and oxygen atoms in total. The molecule has 1 heterocycles. The van der Waals surface area contributed by atoms with E-state index >= 15 is 0 Å². The summed E-state index contributed by atoms with van der Waals surface area (Å²) in [4.78, 5) is 25.9. The van der Waals surface area contributed by atoms with E-state index in [1.54, 1.807) is 6.07 Å². The first-order valence-electron chi connectivity index (χ1n) is 7.21. The molecular formula is C16H18FN3O3. The van der Waals surface area contributed by atoms with E-state index in [1.807, 2.05) is 13.8 Å². The number of hydrogen-bond donors (Lipinski definition) is 1. The molecule has 2 amide bonds. The van der Waals surface area contributed by atoms with Gasteiger partial charge in [0.25, 0.3) is 5.91 Å². The summed E-state index contributed by atoms with van der Waals surface area (Å²) in [5, 5.41) is 6.09. The van der Waals surface area contributed by atoms with Crippen molar-refractivity contribution in [3.8, 4) is 0 Å². The van der Waals surface area contributed by atoms with E-state index in [2.05, 4.69) is 15.0 Å². The molecule has 0 radical (unpaired) electrons. The number of benzene rings is 1. The van der Waals surface area contributed by atoms with Crippen LogP contribution in [0.3, 0.4) is 0 Å². The average molecular weight is 319 g/mol. The molecule has 122 valence electrons. The summed E-state index contributed by atoms with van der Waals surface area (Å²) < 4.78 is 18.4. The lowest BCUT2D eigenvalue weighted by Crippen LogP contribution is -2.40. The molecule has 1 aromatic carbocycles. The van der Waals surface area contributed by atoms with Crippen LogP contribution in [-0.4, -0.2) is 35.0 Å². The van der Waals surface area contributed by atoms with Gasteiger partial charge in [-0.1, -0.05) is 31.1 Å². The predicted octanol–water partition coefficient (Wildman–Crippen LogP) is 2.55. The molecule has 1 N–H and O–H groups in total. The molecule has 1 aromatic heterocycles. The molecule has 0 aliphatic heterocycles. The van der Waals surface area contributed by atoms with Crippen molar-refractivity contribution in [2.75, 3.05) is 18.4 Å². The number of carbonyl (C=O) groups excluding carboxylic acids is 2. The zero-order valence-corrected chi connectivity index (χ0v) is 13.0. The summed E-state index contributed by atoms with van der Waals surface area (Å²) in [5.41, 5.74) is -0.0533. The summed E-state index contributed by atoms with van der Waals surface area (Å²) in [6.45, 7) is 3.96. The van der Waals surface area contributed by atoms with Crippen LogP contribution < -0.4 is 5.32 Å². The highest BCUT2D eigenvalue weighted by molar-refractivity contribution is 5.99. The Kier molecular flexibility index (Phi) is 5.46. The molecule has 0 saturated heterocycles. The van der Waals surface area contributed by atoms with Crippen molar-refractivity contribution in [3.05, 3.63) is 48.0 Å². The molecule has 7 heteroatoms. The van der Waals surface area contributed by atoms with Gasteiger partial charge in [-0.05, 0) is 18.1 Å². The van der Waals surface area contributed by atoms with E-state index in [1.165, 1.54) is 35.4 Å². The van der Waals surface area contributed by atoms with Gasteiger partial charge in [-0.15, -0.1) is 0 Å². The SMILES string of the molecule is CC(C)CN(CC(=O)Nc1ccon1)C(=O)c1ccccc1F. The summed E-state index contributed by atoms with van der Waals surface area (Å²) in [6.07, 6.45) is 1.33. The van der Waals surface area contributed by atoms with Gasteiger partial charge in [-0.3, -0.25) is 9.59 Å². The zero-order valence-electron chi connectivity index (χ0n) is 13.0. The highest BCUT2D eigenvalue weighted by Crippen LogP contribution is 2.12. The Labute approximate surface area is 133 Å².